The second kappa shape index (κ2) is 7.17. The Morgan fingerprint density at radius 3 is 2.72 bits per heavy atom. The minimum Gasteiger partial charge on any atom is -0.393 e. The predicted molar refractivity (Wildman–Crippen MR) is 73.4 cm³/mol. The highest BCUT2D eigenvalue weighted by Crippen LogP contribution is 2.06. The van der Waals surface area contributed by atoms with E-state index in [0.29, 0.717) is 25.3 Å². The van der Waals surface area contributed by atoms with E-state index in [4.69, 9.17) is 0 Å². The number of carbonyl (C=O) groups is 1. The summed E-state index contributed by atoms with van der Waals surface area (Å²) in [5.74, 6) is 0.338. The smallest absolute Gasteiger partial charge is 0.224 e. The Morgan fingerprint density at radius 1 is 1.39 bits per heavy atom. The fourth-order valence-corrected chi connectivity index (χ4v) is 2.02. The van der Waals surface area contributed by atoms with Crippen molar-refractivity contribution in [1.29, 1.82) is 0 Å². The summed E-state index contributed by atoms with van der Waals surface area (Å²) in [7, 11) is 0. The molecular weight excluding hydrogens is 226 g/mol. The molecule has 0 spiro atoms. The molecule has 3 heteroatoms. The van der Waals surface area contributed by atoms with Crippen LogP contribution in [0.15, 0.2) is 24.3 Å². The van der Waals surface area contributed by atoms with Gasteiger partial charge in [-0.05, 0) is 31.7 Å². The van der Waals surface area contributed by atoms with Crippen molar-refractivity contribution in [2.45, 2.75) is 39.7 Å². The minimum atomic E-state index is -0.311. The van der Waals surface area contributed by atoms with Crippen molar-refractivity contribution in [2.24, 2.45) is 5.92 Å². The van der Waals surface area contributed by atoms with Crippen LogP contribution in [0.5, 0.6) is 0 Å². The maximum absolute atomic E-state index is 11.7. The highest BCUT2D eigenvalue weighted by Gasteiger charge is 2.08. The van der Waals surface area contributed by atoms with Crippen molar-refractivity contribution >= 4 is 5.91 Å². The number of rotatable bonds is 6. The molecule has 2 atom stereocenters. The summed E-state index contributed by atoms with van der Waals surface area (Å²) in [6, 6.07) is 7.98. The maximum Gasteiger partial charge on any atom is 0.224 e. The lowest BCUT2D eigenvalue weighted by Gasteiger charge is -2.14. The number of aryl methyl sites for hydroxylation is 1. The van der Waals surface area contributed by atoms with E-state index in [-0.39, 0.29) is 12.0 Å². The van der Waals surface area contributed by atoms with Gasteiger partial charge in [-0.15, -0.1) is 0 Å². The van der Waals surface area contributed by atoms with Gasteiger partial charge < -0.3 is 10.4 Å². The van der Waals surface area contributed by atoms with E-state index in [1.54, 1.807) is 6.92 Å². The van der Waals surface area contributed by atoms with E-state index in [9.17, 15) is 9.90 Å². The molecule has 18 heavy (non-hydrogen) atoms. The van der Waals surface area contributed by atoms with Crippen LogP contribution < -0.4 is 5.32 Å². The molecule has 0 aromatic heterocycles. The predicted octanol–water partition coefficient (Wildman–Crippen LogP) is 2.06. The molecule has 1 aromatic rings. The van der Waals surface area contributed by atoms with E-state index in [0.717, 1.165) is 5.56 Å². The van der Waals surface area contributed by atoms with Gasteiger partial charge in [0.25, 0.3) is 0 Å². The van der Waals surface area contributed by atoms with Crippen molar-refractivity contribution < 1.29 is 9.90 Å². The lowest BCUT2D eigenvalue weighted by Crippen LogP contribution is -2.30. The van der Waals surface area contributed by atoms with Gasteiger partial charge in [0.05, 0.1) is 12.5 Å². The van der Waals surface area contributed by atoms with Crippen LogP contribution in [0.25, 0.3) is 0 Å². The van der Waals surface area contributed by atoms with E-state index in [2.05, 4.69) is 5.32 Å². The zero-order valence-corrected chi connectivity index (χ0v) is 11.4. The first-order valence-corrected chi connectivity index (χ1v) is 6.47. The minimum absolute atomic E-state index is 0.0399. The number of benzene rings is 1. The molecule has 0 aliphatic rings. The molecule has 3 nitrogen and oxygen atoms in total. The van der Waals surface area contributed by atoms with Crippen molar-refractivity contribution in [2.75, 3.05) is 6.54 Å². The van der Waals surface area contributed by atoms with Crippen LogP contribution in [-0.4, -0.2) is 23.7 Å². The van der Waals surface area contributed by atoms with Gasteiger partial charge in [0.15, 0.2) is 0 Å². The first-order chi connectivity index (χ1) is 8.47. The van der Waals surface area contributed by atoms with Gasteiger partial charge >= 0.3 is 0 Å². The van der Waals surface area contributed by atoms with Crippen molar-refractivity contribution in [3.05, 3.63) is 35.4 Å². The summed E-state index contributed by atoms with van der Waals surface area (Å²) >= 11 is 0. The molecular formula is C15H23NO2. The van der Waals surface area contributed by atoms with Crippen LogP contribution >= 0.6 is 0 Å². The molecule has 0 aliphatic heterocycles. The van der Waals surface area contributed by atoms with Gasteiger partial charge in [-0.1, -0.05) is 36.8 Å². The van der Waals surface area contributed by atoms with Gasteiger partial charge in [-0.25, -0.2) is 0 Å². The standard InChI is InChI=1S/C15H23NO2/c1-11-5-4-6-14(8-11)9-15(18)16-10-12(2)7-13(3)17/h4-6,8,12-13,17H,7,9-10H2,1-3H3,(H,16,18). The second-order valence-electron chi connectivity index (χ2n) is 5.16. The zero-order valence-electron chi connectivity index (χ0n) is 11.4. The van der Waals surface area contributed by atoms with Crippen LogP contribution in [0, 0.1) is 12.8 Å². The topological polar surface area (TPSA) is 49.3 Å². The molecule has 2 unspecified atom stereocenters. The van der Waals surface area contributed by atoms with E-state index in [1.807, 2.05) is 38.1 Å². The first-order valence-electron chi connectivity index (χ1n) is 6.47. The first kappa shape index (κ1) is 14.7. The highest BCUT2D eigenvalue weighted by molar-refractivity contribution is 5.78. The van der Waals surface area contributed by atoms with Crippen molar-refractivity contribution in [3.63, 3.8) is 0 Å². The average Bonchev–Trinajstić information content (AvgIpc) is 2.25. The average molecular weight is 249 g/mol. The number of aliphatic hydroxyl groups excluding tert-OH is 1. The monoisotopic (exact) mass is 249 g/mol. The molecule has 0 bridgehead atoms. The molecule has 0 saturated carbocycles. The Kier molecular flexibility index (Phi) is 5.86. The molecule has 0 radical (unpaired) electrons. The number of hydrogen-bond acceptors (Lipinski definition) is 2. The summed E-state index contributed by atoms with van der Waals surface area (Å²) in [6.45, 7) is 6.44. The summed E-state index contributed by atoms with van der Waals surface area (Å²) in [5.41, 5.74) is 2.21. The number of hydrogen-bond donors (Lipinski definition) is 2. The van der Waals surface area contributed by atoms with Gasteiger partial charge in [-0.3, -0.25) is 4.79 Å². The molecule has 100 valence electrons. The summed E-state index contributed by atoms with van der Waals surface area (Å²) in [6.07, 6.45) is 0.821. The number of nitrogens with one attached hydrogen (secondary N) is 1. The van der Waals surface area contributed by atoms with Crippen molar-refractivity contribution in [1.82, 2.24) is 5.32 Å². The molecule has 0 saturated heterocycles. The molecule has 0 fully saturated rings. The molecule has 0 heterocycles. The summed E-state index contributed by atoms with van der Waals surface area (Å²) in [5, 5.41) is 12.1. The third-order valence-corrected chi connectivity index (χ3v) is 2.84. The van der Waals surface area contributed by atoms with Gasteiger partial charge in [-0.2, -0.15) is 0 Å². The third kappa shape index (κ3) is 5.82. The van der Waals surface area contributed by atoms with Crippen LogP contribution in [0.1, 0.15) is 31.4 Å². The normalized spacial score (nSPS) is 14.0. The van der Waals surface area contributed by atoms with Crippen LogP contribution in [0.4, 0.5) is 0 Å². The van der Waals surface area contributed by atoms with Crippen LogP contribution in [-0.2, 0) is 11.2 Å². The fourth-order valence-electron chi connectivity index (χ4n) is 2.02. The summed E-state index contributed by atoms with van der Waals surface area (Å²) < 4.78 is 0. The Morgan fingerprint density at radius 2 is 2.11 bits per heavy atom. The van der Waals surface area contributed by atoms with Gasteiger partial charge in [0.1, 0.15) is 0 Å². The van der Waals surface area contributed by atoms with Crippen molar-refractivity contribution in [3.8, 4) is 0 Å². The zero-order chi connectivity index (χ0) is 13.5. The van der Waals surface area contributed by atoms with Crippen LogP contribution in [0.2, 0.25) is 0 Å². The van der Waals surface area contributed by atoms with E-state index >= 15 is 0 Å². The van der Waals surface area contributed by atoms with Gasteiger partial charge in [0, 0.05) is 6.54 Å². The Balaban J connectivity index is 2.34. The Hall–Kier alpha value is -1.35. The molecule has 0 aliphatic carbocycles. The summed E-state index contributed by atoms with van der Waals surface area (Å²) in [4.78, 5) is 11.7. The Bertz CT molecular complexity index is 388. The second-order valence-corrected chi connectivity index (χ2v) is 5.16. The van der Waals surface area contributed by atoms with E-state index in [1.165, 1.54) is 5.56 Å². The molecule has 1 rings (SSSR count). The highest BCUT2D eigenvalue weighted by atomic mass is 16.3. The molecule has 1 aromatic carbocycles. The fraction of sp³-hybridized carbons (Fsp3) is 0.533. The van der Waals surface area contributed by atoms with Gasteiger partial charge in [0.2, 0.25) is 5.91 Å². The molecule has 2 N–H and O–H groups in total. The maximum atomic E-state index is 11.7. The lowest BCUT2D eigenvalue weighted by molar-refractivity contribution is -0.120. The number of aliphatic hydroxyl groups is 1. The number of carbonyl (C=O) groups excluding carboxylic acids is 1. The lowest BCUT2D eigenvalue weighted by atomic mass is 10.0. The largest absolute Gasteiger partial charge is 0.393 e. The number of amides is 1. The molecule has 1 amide bonds. The van der Waals surface area contributed by atoms with E-state index < -0.39 is 0 Å². The third-order valence-electron chi connectivity index (χ3n) is 2.84. The van der Waals surface area contributed by atoms with Crippen LogP contribution in [0.3, 0.4) is 0 Å². The quantitative estimate of drug-likeness (QED) is 0.810. The SMILES string of the molecule is Cc1cccc(CC(=O)NCC(C)CC(C)O)c1. The Labute approximate surface area is 109 Å².